The van der Waals surface area contributed by atoms with Crippen molar-refractivity contribution in [3.63, 3.8) is 0 Å². The van der Waals surface area contributed by atoms with Gasteiger partial charge in [0.05, 0.1) is 5.57 Å². The topological polar surface area (TPSA) is 34.1 Å². The van der Waals surface area contributed by atoms with Crippen LogP contribution >= 0.6 is 0 Å². The fourth-order valence-electron chi connectivity index (χ4n) is 3.11. The summed E-state index contributed by atoms with van der Waals surface area (Å²) < 4.78 is 0. The molecular weight excluding hydrogens is 284 g/mol. The Morgan fingerprint density at radius 3 is 2.00 bits per heavy atom. The van der Waals surface area contributed by atoms with Crippen LogP contribution in [0.3, 0.4) is 0 Å². The van der Waals surface area contributed by atoms with Crippen molar-refractivity contribution in [2.45, 2.75) is 31.6 Å². The fraction of sp³-hybridized carbons (Fsp3) is 0.238. The first-order valence-corrected chi connectivity index (χ1v) is 8.09. The van der Waals surface area contributed by atoms with Gasteiger partial charge in [0.2, 0.25) is 0 Å². The van der Waals surface area contributed by atoms with Crippen molar-refractivity contribution in [2.75, 3.05) is 0 Å². The highest BCUT2D eigenvalue weighted by Crippen LogP contribution is 2.31. The zero-order valence-electron chi connectivity index (χ0n) is 13.1. The third-order valence-corrected chi connectivity index (χ3v) is 4.36. The van der Waals surface area contributed by atoms with E-state index < -0.39 is 0 Å². The summed E-state index contributed by atoms with van der Waals surface area (Å²) in [6.45, 7) is 0. The summed E-state index contributed by atoms with van der Waals surface area (Å²) in [5.74, 6) is 0.00815. The molecule has 2 aromatic carbocycles. The molecule has 23 heavy (non-hydrogen) atoms. The molecule has 1 saturated carbocycles. The largest absolute Gasteiger partial charge is 0.294 e. The molecule has 1 aliphatic carbocycles. The van der Waals surface area contributed by atoms with E-state index in [2.05, 4.69) is 12.1 Å². The number of aryl methyl sites for hydroxylation is 1. The van der Waals surface area contributed by atoms with Crippen LogP contribution in [0, 0.1) is 0 Å². The van der Waals surface area contributed by atoms with E-state index in [0.29, 0.717) is 18.4 Å². The molecule has 0 heterocycles. The average molecular weight is 304 g/mol. The molecule has 0 aliphatic heterocycles. The summed E-state index contributed by atoms with van der Waals surface area (Å²) in [5, 5.41) is 0. The Balaban J connectivity index is 1.65. The van der Waals surface area contributed by atoms with Crippen molar-refractivity contribution in [1.82, 2.24) is 0 Å². The Morgan fingerprint density at radius 1 is 0.826 bits per heavy atom. The zero-order valence-corrected chi connectivity index (χ0v) is 13.1. The maximum Gasteiger partial charge on any atom is 0.166 e. The Labute approximate surface area is 136 Å². The number of Topliss-reactive ketones (excluding diaryl/α,β-unsaturated/α-hetero) is 2. The van der Waals surface area contributed by atoms with Gasteiger partial charge in [0.1, 0.15) is 0 Å². The summed E-state index contributed by atoms with van der Waals surface area (Å²) in [7, 11) is 0. The van der Waals surface area contributed by atoms with E-state index in [0.717, 1.165) is 18.4 Å². The molecule has 0 saturated heterocycles. The van der Waals surface area contributed by atoms with Gasteiger partial charge in [0.15, 0.2) is 11.6 Å². The second kappa shape index (κ2) is 7.19. The van der Waals surface area contributed by atoms with Gasteiger partial charge >= 0.3 is 0 Å². The molecule has 0 amide bonds. The van der Waals surface area contributed by atoms with Crippen molar-refractivity contribution >= 4 is 11.6 Å². The predicted octanol–water partition coefficient (Wildman–Crippen LogP) is 4.26. The van der Waals surface area contributed by atoms with Gasteiger partial charge in [-0.1, -0.05) is 66.7 Å². The lowest BCUT2D eigenvalue weighted by atomic mass is 9.79. The highest BCUT2D eigenvalue weighted by molar-refractivity contribution is 6.22. The lowest BCUT2D eigenvalue weighted by Crippen LogP contribution is -2.24. The van der Waals surface area contributed by atoms with Crippen LogP contribution in [0.1, 0.15) is 36.3 Å². The van der Waals surface area contributed by atoms with E-state index in [1.165, 1.54) is 5.56 Å². The van der Waals surface area contributed by atoms with Crippen LogP contribution in [0.2, 0.25) is 0 Å². The van der Waals surface area contributed by atoms with E-state index >= 15 is 0 Å². The Morgan fingerprint density at radius 2 is 1.39 bits per heavy atom. The Kier molecular flexibility index (Phi) is 4.82. The quantitative estimate of drug-likeness (QED) is 0.624. The van der Waals surface area contributed by atoms with Crippen LogP contribution < -0.4 is 0 Å². The number of carbonyl (C=O) groups is 2. The molecular formula is C21H20O2. The smallest absolute Gasteiger partial charge is 0.166 e. The highest BCUT2D eigenvalue weighted by Gasteiger charge is 2.30. The van der Waals surface area contributed by atoms with Crippen molar-refractivity contribution < 1.29 is 9.59 Å². The standard InChI is InChI=1S/C21H20O2/c22-20-14-18(17-11-5-2-6-12-17)15-21(23)19(20)13-7-10-16-8-3-1-4-9-16/h1-6,8-9,11-13,18H,7,10,14-15H2. The lowest BCUT2D eigenvalue weighted by molar-refractivity contribution is -0.124. The number of carbonyl (C=O) groups excluding carboxylic acids is 2. The maximum atomic E-state index is 12.3. The van der Waals surface area contributed by atoms with E-state index in [-0.39, 0.29) is 17.5 Å². The molecule has 116 valence electrons. The molecule has 2 heteroatoms. The molecule has 0 aromatic heterocycles. The second-order valence-corrected chi connectivity index (χ2v) is 6.00. The SMILES string of the molecule is O=C1CC(c2ccccc2)CC(=O)C1=CCCc1ccccc1. The van der Waals surface area contributed by atoms with Gasteiger partial charge in [0.25, 0.3) is 0 Å². The Bertz CT molecular complexity index is 694. The van der Waals surface area contributed by atoms with Crippen LogP contribution in [-0.4, -0.2) is 11.6 Å². The lowest BCUT2D eigenvalue weighted by Gasteiger charge is -2.22. The van der Waals surface area contributed by atoms with Crippen molar-refractivity contribution in [3.8, 4) is 0 Å². The van der Waals surface area contributed by atoms with Gasteiger partial charge < -0.3 is 0 Å². The van der Waals surface area contributed by atoms with E-state index in [9.17, 15) is 9.59 Å². The Hall–Kier alpha value is -2.48. The predicted molar refractivity (Wildman–Crippen MR) is 91.3 cm³/mol. The number of hydrogen-bond acceptors (Lipinski definition) is 2. The highest BCUT2D eigenvalue weighted by atomic mass is 16.1. The normalized spacial score (nSPS) is 18.1. The number of hydrogen-bond donors (Lipinski definition) is 0. The third kappa shape index (κ3) is 3.84. The molecule has 3 rings (SSSR count). The number of benzene rings is 2. The first kappa shape index (κ1) is 15.4. The first-order chi connectivity index (χ1) is 11.2. The van der Waals surface area contributed by atoms with E-state index in [1.54, 1.807) is 0 Å². The van der Waals surface area contributed by atoms with Gasteiger partial charge in [-0.2, -0.15) is 0 Å². The van der Waals surface area contributed by atoms with Gasteiger partial charge in [-0.05, 0) is 29.9 Å². The fourth-order valence-corrected chi connectivity index (χ4v) is 3.11. The van der Waals surface area contributed by atoms with Crippen LogP contribution in [0.15, 0.2) is 72.3 Å². The molecule has 1 aliphatic rings. The molecule has 0 N–H and O–H groups in total. The van der Waals surface area contributed by atoms with Crippen LogP contribution in [0.5, 0.6) is 0 Å². The monoisotopic (exact) mass is 304 g/mol. The first-order valence-electron chi connectivity index (χ1n) is 8.09. The van der Waals surface area contributed by atoms with Crippen molar-refractivity contribution in [2.24, 2.45) is 0 Å². The molecule has 1 fully saturated rings. The summed E-state index contributed by atoms with van der Waals surface area (Å²) in [4.78, 5) is 24.7. The summed E-state index contributed by atoms with van der Waals surface area (Å²) in [6.07, 6.45) is 4.29. The number of rotatable bonds is 4. The van der Waals surface area contributed by atoms with Crippen LogP contribution in [-0.2, 0) is 16.0 Å². The molecule has 0 radical (unpaired) electrons. The van der Waals surface area contributed by atoms with Crippen LogP contribution in [0.25, 0.3) is 0 Å². The average Bonchev–Trinajstić information content (AvgIpc) is 2.59. The minimum atomic E-state index is -0.0110. The molecule has 0 unspecified atom stereocenters. The summed E-state index contributed by atoms with van der Waals surface area (Å²) in [6, 6.07) is 20.0. The summed E-state index contributed by atoms with van der Waals surface area (Å²) >= 11 is 0. The van der Waals surface area contributed by atoms with E-state index in [1.807, 2.05) is 54.6 Å². The second-order valence-electron chi connectivity index (χ2n) is 6.00. The number of allylic oxidation sites excluding steroid dienone is 2. The minimum absolute atomic E-state index is 0.0110. The molecule has 2 aromatic rings. The molecule has 0 atom stereocenters. The molecule has 0 bridgehead atoms. The number of ketones is 2. The van der Waals surface area contributed by atoms with E-state index in [4.69, 9.17) is 0 Å². The molecule has 2 nitrogen and oxygen atoms in total. The van der Waals surface area contributed by atoms with Crippen LogP contribution in [0.4, 0.5) is 0 Å². The van der Waals surface area contributed by atoms with Gasteiger partial charge in [-0.3, -0.25) is 9.59 Å². The third-order valence-electron chi connectivity index (χ3n) is 4.36. The molecule has 0 spiro atoms. The van der Waals surface area contributed by atoms with Gasteiger partial charge in [-0.25, -0.2) is 0 Å². The van der Waals surface area contributed by atoms with Crippen molar-refractivity contribution in [1.29, 1.82) is 0 Å². The summed E-state index contributed by atoms with van der Waals surface area (Å²) in [5.41, 5.74) is 2.72. The zero-order chi connectivity index (χ0) is 16.1. The van der Waals surface area contributed by atoms with Gasteiger partial charge in [0, 0.05) is 12.8 Å². The van der Waals surface area contributed by atoms with Gasteiger partial charge in [-0.15, -0.1) is 0 Å². The maximum absolute atomic E-state index is 12.3. The van der Waals surface area contributed by atoms with Crippen molar-refractivity contribution in [3.05, 3.63) is 83.4 Å². The minimum Gasteiger partial charge on any atom is -0.294 e.